The Labute approximate surface area is 91.1 Å². The number of aromatic hydroxyl groups is 1. The van der Waals surface area contributed by atoms with E-state index in [1.54, 1.807) is 6.07 Å². The summed E-state index contributed by atoms with van der Waals surface area (Å²) in [4.78, 5) is 0. The highest BCUT2D eigenvalue weighted by molar-refractivity contribution is 5.44. The summed E-state index contributed by atoms with van der Waals surface area (Å²) < 4.78 is 0. The average Bonchev–Trinajstić information content (AvgIpc) is 2.89. The van der Waals surface area contributed by atoms with E-state index in [4.69, 9.17) is 5.73 Å². The first-order valence-corrected chi connectivity index (χ1v) is 5.46. The SMILES string of the molecule is Cc1ccc(O)c(C(C)(C)C2(N)CC2)c1. The van der Waals surface area contributed by atoms with Crippen LogP contribution in [0.25, 0.3) is 0 Å². The molecule has 0 spiro atoms. The molecule has 0 aromatic heterocycles. The van der Waals surface area contributed by atoms with Gasteiger partial charge in [0, 0.05) is 16.5 Å². The molecule has 15 heavy (non-hydrogen) atoms. The molecule has 2 heteroatoms. The van der Waals surface area contributed by atoms with Gasteiger partial charge >= 0.3 is 0 Å². The van der Waals surface area contributed by atoms with Gasteiger partial charge in [-0.15, -0.1) is 0 Å². The van der Waals surface area contributed by atoms with Crippen LogP contribution in [0.5, 0.6) is 5.75 Å². The molecule has 2 rings (SSSR count). The Balaban J connectivity index is 2.48. The number of hydrogen-bond donors (Lipinski definition) is 2. The first-order chi connectivity index (χ1) is 6.87. The number of phenols is 1. The van der Waals surface area contributed by atoms with Gasteiger partial charge in [0.25, 0.3) is 0 Å². The number of rotatable bonds is 2. The van der Waals surface area contributed by atoms with E-state index in [1.807, 2.05) is 19.1 Å². The third-order valence-electron chi connectivity index (χ3n) is 3.86. The van der Waals surface area contributed by atoms with Gasteiger partial charge in [0.2, 0.25) is 0 Å². The average molecular weight is 205 g/mol. The molecule has 1 aliphatic carbocycles. The molecule has 2 nitrogen and oxygen atoms in total. The molecule has 0 unspecified atom stereocenters. The second-order valence-electron chi connectivity index (χ2n) is 5.30. The lowest BCUT2D eigenvalue weighted by molar-refractivity contribution is 0.366. The summed E-state index contributed by atoms with van der Waals surface area (Å²) in [7, 11) is 0. The van der Waals surface area contributed by atoms with E-state index in [9.17, 15) is 5.11 Å². The summed E-state index contributed by atoms with van der Waals surface area (Å²) >= 11 is 0. The lowest BCUT2D eigenvalue weighted by atomic mass is 9.75. The van der Waals surface area contributed by atoms with E-state index in [2.05, 4.69) is 13.8 Å². The number of benzene rings is 1. The summed E-state index contributed by atoms with van der Waals surface area (Å²) in [6.07, 6.45) is 2.10. The molecule has 1 aromatic rings. The molecule has 0 saturated heterocycles. The van der Waals surface area contributed by atoms with Crippen molar-refractivity contribution in [2.75, 3.05) is 0 Å². The normalized spacial score (nSPS) is 18.9. The van der Waals surface area contributed by atoms with Gasteiger partial charge in [0.15, 0.2) is 0 Å². The van der Waals surface area contributed by atoms with E-state index >= 15 is 0 Å². The van der Waals surface area contributed by atoms with Crippen molar-refractivity contribution in [1.29, 1.82) is 0 Å². The van der Waals surface area contributed by atoms with E-state index in [-0.39, 0.29) is 11.0 Å². The maximum atomic E-state index is 9.91. The lowest BCUT2D eigenvalue weighted by Crippen LogP contribution is -2.43. The fourth-order valence-electron chi connectivity index (χ4n) is 2.18. The van der Waals surface area contributed by atoms with Crippen molar-refractivity contribution < 1.29 is 5.11 Å². The van der Waals surface area contributed by atoms with E-state index < -0.39 is 0 Å². The highest BCUT2D eigenvalue weighted by atomic mass is 16.3. The molecule has 3 N–H and O–H groups in total. The van der Waals surface area contributed by atoms with Gasteiger partial charge in [-0.25, -0.2) is 0 Å². The molecule has 82 valence electrons. The Morgan fingerprint density at radius 2 is 1.93 bits per heavy atom. The molecule has 1 fully saturated rings. The predicted octanol–water partition coefficient (Wildman–Crippen LogP) is 2.47. The Hall–Kier alpha value is -1.02. The highest BCUT2D eigenvalue weighted by Gasteiger charge is 2.52. The quantitative estimate of drug-likeness (QED) is 0.779. The van der Waals surface area contributed by atoms with Crippen molar-refractivity contribution in [3.8, 4) is 5.75 Å². The smallest absolute Gasteiger partial charge is 0.119 e. The molecule has 0 atom stereocenters. The third kappa shape index (κ3) is 1.53. The second-order valence-corrected chi connectivity index (χ2v) is 5.30. The van der Waals surface area contributed by atoms with Crippen LogP contribution in [-0.2, 0) is 5.41 Å². The van der Waals surface area contributed by atoms with Crippen molar-refractivity contribution in [3.05, 3.63) is 29.3 Å². The molecule has 1 saturated carbocycles. The maximum absolute atomic E-state index is 9.91. The minimum atomic E-state index is -0.150. The second kappa shape index (κ2) is 2.99. The standard InChI is InChI=1S/C13H19NO/c1-9-4-5-11(15)10(8-9)12(2,3)13(14)6-7-13/h4-5,8,15H,6-7,14H2,1-3H3. The van der Waals surface area contributed by atoms with Crippen molar-refractivity contribution >= 4 is 0 Å². The zero-order valence-electron chi connectivity index (χ0n) is 9.67. The van der Waals surface area contributed by atoms with Gasteiger partial charge < -0.3 is 10.8 Å². The topological polar surface area (TPSA) is 46.2 Å². The van der Waals surface area contributed by atoms with Crippen LogP contribution >= 0.6 is 0 Å². The maximum Gasteiger partial charge on any atom is 0.119 e. The lowest BCUT2D eigenvalue weighted by Gasteiger charge is -2.33. The van der Waals surface area contributed by atoms with Gasteiger partial charge in [-0.2, -0.15) is 0 Å². The summed E-state index contributed by atoms with van der Waals surface area (Å²) in [6.45, 7) is 6.28. The van der Waals surface area contributed by atoms with Crippen molar-refractivity contribution in [2.45, 2.75) is 44.6 Å². The first kappa shape index (κ1) is 10.5. The van der Waals surface area contributed by atoms with Gasteiger partial charge in [0.05, 0.1) is 0 Å². The molecule has 0 aliphatic heterocycles. The van der Waals surface area contributed by atoms with E-state index in [0.717, 1.165) is 18.4 Å². The van der Waals surface area contributed by atoms with Gasteiger partial charge in [-0.1, -0.05) is 31.5 Å². The monoisotopic (exact) mass is 205 g/mol. The number of hydrogen-bond acceptors (Lipinski definition) is 2. The molecule has 0 amide bonds. The van der Waals surface area contributed by atoms with Gasteiger partial charge in [-0.3, -0.25) is 0 Å². The number of aryl methyl sites for hydroxylation is 1. The Morgan fingerprint density at radius 1 is 1.33 bits per heavy atom. The summed E-state index contributed by atoms with van der Waals surface area (Å²) in [5, 5.41) is 9.91. The molecule has 1 aromatic carbocycles. The van der Waals surface area contributed by atoms with E-state index in [1.165, 1.54) is 5.56 Å². The number of phenolic OH excluding ortho intramolecular Hbond substituents is 1. The van der Waals surface area contributed by atoms with Crippen molar-refractivity contribution in [1.82, 2.24) is 0 Å². The van der Waals surface area contributed by atoms with Gasteiger partial charge in [-0.05, 0) is 25.8 Å². The third-order valence-corrected chi connectivity index (χ3v) is 3.86. The van der Waals surface area contributed by atoms with Crippen molar-refractivity contribution in [3.63, 3.8) is 0 Å². The summed E-state index contributed by atoms with van der Waals surface area (Å²) in [5.41, 5.74) is 8.13. The van der Waals surface area contributed by atoms with Gasteiger partial charge in [0.1, 0.15) is 5.75 Å². The summed E-state index contributed by atoms with van der Waals surface area (Å²) in [5.74, 6) is 0.363. The van der Waals surface area contributed by atoms with Crippen LogP contribution in [0.15, 0.2) is 18.2 Å². The summed E-state index contributed by atoms with van der Waals surface area (Å²) in [6, 6.07) is 5.73. The largest absolute Gasteiger partial charge is 0.508 e. The zero-order chi connectivity index (χ0) is 11.3. The molecule has 0 heterocycles. The van der Waals surface area contributed by atoms with Crippen LogP contribution in [0, 0.1) is 6.92 Å². The fourth-order valence-corrected chi connectivity index (χ4v) is 2.18. The first-order valence-electron chi connectivity index (χ1n) is 5.46. The minimum absolute atomic E-state index is 0.127. The Morgan fingerprint density at radius 3 is 2.47 bits per heavy atom. The van der Waals surface area contributed by atoms with Crippen LogP contribution in [-0.4, -0.2) is 10.6 Å². The molecule has 0 radical (unpaired) electrons. The number of nitrogens with two attached hydrogens (primary N) is 1. The fraction of sp³-hybridized carbons (Fsp3) is 0.538. The van der Waals surface area contributed by atoms with Crippen LogP contribution in [0.4, 0.5) is 0 Å². The minimum Gasteiger partial charge on any atom is -0.508 e. The molecular weight excluding hydrogens is 186 g/mol. The molecular formula is C13H19NO. The van der Waals surface area contributed by atoms with Crippen molar-refractivity contribution in [2.24, 2.45) is 5.73 Å². The van der Waals surface area contributed by atoms with Crippen LogP contribution in [0.1, 0.15) is 37.8 Å². The molecule has 0 bridgehead atoms. The van der Waals surface area contributed by atoms with E-state index in [0.29, 0.717) is 5.75 Å². The van der Waals surface area contributed by atoms with Crippen LogP contribution in [0.2, 0.25) is 0 Å². The Bertz CT molecular complexity index is 392. The zero-order valence-corrected chi connectivity index (χ0v) is 9.67. The molecule has 1 aliphatic rings. The Kier molecular flexibility index (Phi) is 2.09. The highest BCUT2D eigenvalue weighted by Crippen LogP contribution is 2.51. The predicted molar refractivity (Wildman–Crippen MR) is 62.0 cm³/mol. The van der Waals surface area contributed by atoms with Crippen LogP contribution < -0.4 is 5.73 Å². The van der Waals surface area contributed by atoms with Crippen LogP contribution in [0.3, 0.4) is 0 Å².